The van der Waals surface area contributed by atoms with E-state index in [9.17, 15) is 9.59 Å². The predicted octanol–water partition coefficient (Wildman–Crippen LogP) is 8.35. The second-order valence-corrected chi connectivity index (χ2v) is 14.4. The van der Waals surface area contributed by atoms with Crippen LogP contribution < -0.4 is 15.2 Å². The average Bonchev–Trinajstić information content (AvgIpc) is 3.71. The van der Waals surface area contributed by atoms with E-state index in [1.807, 2.05) is 36.4 Å². The molecule has 232 valence electrons. The van der Waals surface area contributed by atoms with E-state index in [4.69, 9.17) is 39.2 Å². The number of carbonyl (C=O) groups is 2. The number of amides is 2. The molecule has 2 amide bonds. The van der Waals surface area contributed by atoms with Gasteiger partial charge in [0.05, 0.1) is 23.2 Å². The van der Waals surface area contributed by atoms with Gasteiger partial charge in [0.1, 0.15) is 5.58 Å². The molecule has 0 aliphatic carbocycles. The van der Waals surface area contributed by atoms with Crippen LogP contribution in [0, 0.1) is 0 Å². The van der Waals surface area contributed by atoms with Gasteiger partial charge in [-0.15, -0.1) is 10.2 Å². The van der Waals surface area contributed by atoms with Gasteiger partial charge >= 0.3 is 0 Å². The minimum atomic E-state index is -1.92. The van der Waals surface area contributed by atoms with Crippen LogP contribution >= 0.6 is 57.9 Å². The van der Waals surface area contributed by atoms with Gasteiger partial charge in [0.2, 0.25) is 10.9 Å². The van der Waals surface area contributed by atoms with E-state index in [0.29, 0.717) is 36.4 Å². The number of para-hydroxylation sites is 1. The molecule has 0 fully saturated rings. The number of fused-ring (bicyclic) bond motifs is 5. The molecule has 8 rings (SSSR count). The molecule has 2 aliphatic heterocycles. The van der Waals surface area contributed by atoms with Crippen LogP contribution in [0.4, 0.5) is 10.8 Å². The lowest BCUT2D eigenvalue weighted by atomic mass is 9.84. The molecule has 0 saturated heterocycles. The number of hydrogen-bond donors (Lipinski definition) is 0. The smallest absolute Gasteiger partial charge is 0.297 e. The van der Waals surface area contributed by atoms with E-state index < -0.39 is 22.8 Å². The maximum absolute atomic E-state index is 15.1. The first-order chi connectivity index (χ1) is 22.8. The van der Waals surface area contributed by atoms with Crippen molar-refractivity contribution in [1.29, 1.82) is 0 Å². The summed E-state index contributed by atoms with van der Waals surface area (Å²) in [7, 11) is 0. The van der Waals surface area contributed by atoms with E-state index >= 15 is 4.79 Å². The maximum Gasteiger partial charge on any atom is 0.297 e. The topological polar surface area (TPSA) is 96.6 Å². The minimum Gasteiger partial charge on any atom is -0.450 e. The molecule has 13 heteroatoms. The van der Waals surface area contributed by atoms with Crippen molar-refractivity contribution in [2.24, 2.45) is 0 Å². The number of benzene rings is 4. The lowest BCUT2D eigenvalue weighted by molar-refractivity contribution is -0.121. The summed E-state index contributed by atoms with van der Waals surface area (Å²) in [6, 6.07) is 26.3. The van der Waals surface area contributed by atoms with Crippen molar-refractivity contribution in [2.45, 2.75) is 22.2 Å². The Hall–Kier alpha value is -4.19. The summed E-state index contributed by atoms with van der Waals surface area (Å²) >= 11 is 21.3. The summed E-state index contributed by atoms with van der Waals surface area (Å²) in [6.45, 7) is 0.159. The van der Waals surface area contributed by atoms with Crippen molar-refractivity contribution in [3.8, 4) is 0 Å². The molecule has 2 aromatic heterocycles. The fourth-order valence-corrected chi connectivity index (χ4v) is 8.65. The van der Waals surface area contributed by atoms with Crippen molar-refractivity contribution in [1.82, 2.24) is 10.2 Å². The van der Waals surface area contributed by atoms with Crippen molar-refractivity contribution in [3.05, 3.63) is 144 Å². The standard InChI is InChI=1S/C34H19Cl3N4O4S2/c35-20-11-9-18(10-12-20)16-40-25-8-4-2-6-23(25)34(31(40)44)27-28(42)22-15-21(36)13-14-26(22)45-29(27)30(43)41(34)32-38-39-33(47-32)46-17-19-5-1-3-7-24(19)37/h1-15H,16-17H2. The van der Waals surface area contributed by atoms with Gasteiger partial charge in [0.25, 0.3) is 11.8 Å². The summed E-state index contributed by atoms with van der Waals surface area (Å²) in [5.41, 5.74) is 0.335. The molecule has 47 heavy (non-hydrogen) atoms. The zero-order valence-electron chi connectivity index (χ0n) is 23.9. The molecule has 2 aliphatic rings. The van der Waals surface area contributed by atoms with Crippen LogP contribution in [-0.4, -0.2) is 22.0 Å². The fourth-order valence-electron chi connectivity index (χ4n) is 6.17. The number of rotatable bonds is 6. The van der Waals surface area contributed by atoms with Crippen LogP contribution in [0.25, 0.3) is 11.0 Å². The van der Waals surface area contributed by atoms with E-state index in [-0.39, 0.29) is 34.0 Å². The molecular formula is C34H19Cl3N4O4S2. The lowest BCUT2D eigenvalue weighted by Crippen LogP contribution is -2.53. The van der Waals surface area contributed by atoms with Gasteiger partial charge in [-0.05, 0) is 53.6 Å². The number of carbonyl (C=O) groups excluding carboxylic acids is 2. The van der Waals surface area contributed by atoms with E-state index in [1.165, 1.54) is 28.8 Å². The summed E-state index contributed by atoms with van der Waals surface area (Å²) in [6.07, 6.45) is 0. The highest BCUT2D eigenvalue weighted by Crippen LogP contribution is 2.55. The lowest BCUT2D eigenvalue weighted by Gasteiger charge is -2.32. The van der Waals surface area contributed by atoms with Crippen molar-refractivity contribution >= 4 is 91.5 Å². The van der Waals surface area contributed by atoms with Gasteiger partial charge in [-0.3, -0.25) is 19.3 Å². The largest absolute Gasteiger partial charge is 0.450 e. The van der Waals surface area contributed by atoms with E-state index in [0.717, 1.165) is 22.5 Å². The maximum atomic E-state index is 15.1. The Labute approximate surface area is 290 Å². The second kappa shape index (κ2) is 11.5. The van der Waals surface area contributed by atoms with Gasteiger partial charge in [0.15, 0.2) is 15.3 Å². The van der Waals surface area contributed by atoms with Crippen LogP contribution in [-0.2, 0) is 22.6 Å². The molecule has 4 heterocycles. The minimum absolute atomic E-state index is 0.0891. The Morgan fingerprint density at radius 2 is 1.60 bits per heavy atom. The SMILES string of the molecule is O=C1c2oc3ccc(Cl)cc3c(=O)c2C2(C(=O)N(Cc3ccc(Cl)cc3)c3ccccc32)N1c1nnc(SCc2ccccc2Cl)s1. The molecule has 0 radical (unpaired) electrons. The molecule has 6 aromatic rings. The van der Waals surface area contributed by atoms with Gasteiger partial charge in [-0.1, -0.05) is 106 Å². The van der Waals surface area contributed by atoms with Crippen molar-refractivity contribution in [3.63, 3.8) is 0 Å². The number of halogens is 3. The molecule has 1 atom stereocenters. The highest BCUT2D eigenvalue weighted by molar-refractivity contribution is 8.00. The normalized spacial score (nSPS) is 16.8. The Kier molecular flexibility index (Phi) is 7.38. The Morgan fingerprint density at radius 1 is 0.851 bits per heavy atom. The highest BCUT2D eigenvalue weighted by Gasteiger charge is 2.66. The number of hydrogen-bond acceptors (Lipinski definition) is 8. The zero-order chi connectivity index (χ0) is 32.4. The third-order valence-corrected chi connectivity index (χ3v) is 11.2. The van der Waals surface area contributed by atoms with Crippen LogP contribution in [0.1, 0.15) is 32.8 Å². The van der Waals surface area contributed by atoms with Gasteiger partial charge in [-0.2, -0.15) is 0 Å². The Bertz CT molecular complexity index is 2330. The summed E-state index contributed by atoms with van der Waals surface area (Å²) in [5, 5.41) is 10.5. The molecule has 1 spiro atoms. The highest BCUT2D eigenvalue weighted by atomic mass is 35.5. The summed E-state index contributed by atoms with van der Waals surface area (Å²) < 4.78 is 6.70. The third kappa shape index (κ3) is 4.69. The molecule has 0 bridgehead atoms. The first-order valence-electron chi connectivity index (χ1n) is 14.2. The molecular weight excluding hydrogens is 699 g/mol. The number of thioether (sulfide) groups is 1. The number of nitrogens with zero attached hydrogens (tertiary/aromatic N) is 4. The first-order valence-corrected chi connectivity index (χ1v) is 17.2. The van der Waals surface area contributed by atoms with Crippen molar-refractivity contribution < 1.29 is 14.0 Å². The quantitative estimate of drug-likeness (QED) is 0.126. The molecule has 0 N–H and O–H groups in total. The molecule has 8 nitrogen and oxygen atoms in total. The van der Waals surface area contributed by atoms with Gasteiger partial charge in [-0.25, -0.2) is 0 Å². The van der Waals surface area contributed by atoms with Crippen LogP contribution in [0.15, 0.2) is 105 Å². The number of aromatic nitrogens is 2. The van der Waals surface area contributed by atoms with E-state index in [2.05, 4.69) is 10.2 Å². The molecule has 0 saturated carbocycles. The Balaban J connectivity index is 1.32. The average molecular weight is 718 g/mol. The van der Waals surface area contributed by atoms with E-state index in [1.54, 1.807) is 47.4 Å². The summed E-state index contributed by atoms with van der Waals surface area (Å²) in [4.78, 5) is 46.9. The Morgan fingerprint density at radius 3 is 2.40 bits per heavy atom. The second-order valence-electron chi connectivity index (χ2n) is 10.9. The molecule has 1 unspecified atom stereocenters. The van der Waals surface area contributed by atoms with Crippen LogP contribution in [0.3, 0.4) is 0 Å². The molecule has 4 aromatic carbocycles. The predicted molar refractivity (Wildman–Crippen MR) is 185 cm³/mol. The van der Waals surface area contributed by atoms with Gasteiger partial charge < -0.3 is 9.32 Å². The van der Waals surface area contributed by atoms with Gasteiger partial charge in [0, 0.05) is 26.4 Å². The van der Waals surface area contributed by atoms with Crippen molar-refractivity contribution in [2.75, 3.05) is 9.80 Å². The first kappa shape index (κ1) is 30.2. The van der Waals surface area contributed by atoms with Crippen LogP contribution in [0.2, 0.25) is 15.1 Å². The monoisotopic (exact) mass is 716 g/mol. The third-order valence-electron chi connectivity index (χ3n) is 8.24. The zero-order valence-corrected chi connectivity index (χ0v) is 27.8. The fraction of sp³-hybridized carbons (Fsp3) is 0.0882. The summed E-state index contributed by atoms with van der Waals surface area (Å²) in [5.74, 6) is -0.905. The number of anilines is 2. The van der Waals surface area contributed by atoms with Crippen LogP contribution in [0.5, 0.6) is 0 Å².